The zero-order valence-electron chi connectivity index (χ0n) is 13.7. The molecule has 0 aromatic heterocycles. The van der Waals surface area contributed by atoms with Gasteiger partial charge in [-0.3, -0.25) is 4.79 Å². The van der Waals surface area contributed by atoms with Crippen LogP contribution < -0.4 is 0 Å². The van der Waals surface area contributed by atoms with Crippen molar-refractivity contribution in [1.29, 1.82) is 0 Å². The van der Waals surface area contributed by atoms with Crippen molar-refractivity contribution in [3.05, 3.63) is 0 Å². The van der Waals surface area contributed by atoms with Crippen molar-refractivity contribution in [2.24, 2.45) is 5.92 Å². The summed E-state index contributed by atoms with van der Waals surface area (Å²) in [6, 6.07) is 0. The maximum atomic E-state index is 11.8. The zero-order chi connectivity index (χ0) is 14.6. The number of carbonyl (C=O) groups is 1. The highest BCUT2D eigenvalue weighted by atomic mass is 16.5. The molecular weight excluding hydrogens is 248 g/mol. The molecular formula is C18H34O2. The Balaban J connectivity index is 1.99. The van der Waals surface area contributed by atoms with Gasteiger partial charge >= 0.3 is 5.97 Å². The number of rotatable bonds is 10. The van der Waals surface area contributed by atoms with Crippen molar-refractivity contribution >= 4 is 5.97 Å². The van der Waals surface area contributed by atoms with Gasteiger partial charge in [0.15, 0.2) is 0 Å². The second kappa shape index (κ2) is 11.2. The smallest absolute Gasteiger partial charge is 0.306 e. The molecule has 2 heteroatoms. The van der Waals surface area contributed by atoms with Gasteiger partial charge < -0.3 is 4.74 Å². The highest BCUT2D eigenvalue weighted by Gasteiger charge is 2.22. The topological polar surface area (TPSA) is 26.3 Å². The third kappa shape index (κ3) is 7.91. The monoisotopic (exact) mass is 282 g/mol. The van der Waals surface area contributed by atoms with Crippen LogP contribution in [0.25, 0.3) is 0 Å². The van der Waals surface area contributed by atoms with Gasteiger partial charge in [-0.1, -0.05) is 64.7 Å². The number of esters is 1. The third-order valence-corrected chi connectivity index (χ3v) is 4.62. The van der Waals surface area contributed by atoms with E-state index in [0.717, 1.165) is 6.42 Å². The summed E-state index contributed by atoms with van der Waals surface area (Å²) in [6.07, 6.45) is 16.0. The van der Waals surface area contributed by atoms with E-state index in [1.807, 2.05) is 0 Å². The summed E-state index contributed by atoms with van der Waals surface area (Å²) < 4.78 is 5.60. The summed E-state index contributed by atoms with van der Waals surface area (Å²) in [5.74, 6) is 0.637. The minimum Gasteiger partial charge on any atom is -0.462 e. The Bertz CT molecular complexity index is 244. The number of unbranched alkanes of at least 4 members (excludes halogenated alkanes) is 6. The lowest BCUT2D eigenvalue weighted by Gasteiger charge is -2.27. The second-order valence-corrected chi connectivity index (χ2v) is 6.46. The van der Waals surface area contributed by atoms with Crippen LogP contribution in [-0.2, 0) is 9.53 Å². The van der Waals surface area contributed by atoms with Gasteiger partial charge in [0.05, 0.1) is 0 Å². The molecule has 0 spiro atoms. The average molecular weight is 282 g/mol. The molecule has 1 aliphatic carbocycles. The van der Waals surface area contributed by atoms with Crippen molar-refractivity contribution < 1.29 is 9.53 Å². The Hall–Kier alpha value is -0.530. The van der Waals surface area contributed by atoms with Crippen LogP contribution in [0, 0.1) is 5.92 Å². The summed E-state index contributed by atoms with van der Waals surface area (Å²) in [7, 11) is 0. The lowest BCUT2D eigenvalue weighted by atomic mass is 9.86. The summed E-state index contributed by atoms with van der Waals surface area (Å²) in [6.45, 7) is 4.32. The van der Waals surface area contributed by atoms with Crippen LogP contribution in [0.4, 0.5) is 0 Å². The van der Waals surface area contributed by atoms with Crippen LogP contribution in [0.3, 0.4) is 0 Å². The first-order valence-corrected chi connectivity index (χ1v) is 8.93. The van der Waals surface area contributed by atoms with Gasteiger partial charge in [-0.2, -0.15) is 0 Å². The molecule has 1 saturated carbocycles. The highest BCUT2D eigenvalue weighted by Crippen LogP contribution is 2.28. The lowest BCUT2D eigenvalue weighted by Crippen LogP contribution is -2.25. The second-order valence-electron chi connectivity index (χ2n) is 6.46. The molecule has 0 heterocycles. The molecule has 1 fully saturated rings. The molecule has 2 nitrogen and oxygen atoms in total. The lowest BCUT2D eigenvalue weighted by molar-refractivity contribution is -0.151. The molecule has 1 unspecified atom stereocenters. The maximum absolute atomic E-state index is 11.8. The molecule has 0 aliphatic heterocycles. The fourth-order valence-corrected chi connectivity index (χ4v) is 3.19. The van der Waals surface area contributed by atoms with E-state index in [0.29, 0.717) is 12.3 Å². The first-order valence-electron chi connectivity index (χ1n) is 8.93. The van der Waals surface area contributed by atoms with Crippen LogP contribution >= 0.6 is 0 Å². The molecule has 0 amide bonds. The number of hydrogen-bond donors (Lipinski definition) is 0. The van der Waals surface area contributed by atoms with Crippen LogP contribution in [0.15, 0.2) is 0 Å². The van der Waals surface area contributed by atoms with Crippen molar-refractivity contribution in [1.82, 2.24) is 0 Å². The fourth-order valence-electron chi connectivity index (χ4n) is 3.19. The molecule has 0 radical (unpaired) electrons. The molecule has 1 rings (SSSR count). The quantitative estimate of drug-likeness (QED) is 0.383. The Labute approximate surface area is 125 Å². The molecule has 0 aromatic rings. The van der Waals surface area contributed by atoms with Crippen molar-refractivity contribution in [3.8, 4) is 0 Å². The summed E-state index contributed by atoms with van der Waals surface area (Å²) in [5, 5.41) is 0. The van der Waals surface area contributed by atoms with Gasteiger partial charge in [0, 0.05) is 6.42 Å². The Morgan fingerprint density at radius 2 is 1.60 bits per heavy atom. The maximum Gasteiger partial charge on any atom is 0.306 e. The van der Waals surface area contributed by atoms with E-state index in [2.05, 4.69) is 13.8 Å². The first-order chi connectivity index (χ1) is 9.74. The molecule has 20 heavy (non-hydrogen) atoms. The fraction of sp³-hybridized carbons (Fsp3) is 0.944. The number of carbonyl (C=O) groups excluding carboxylic acids is 1. The minimum absolute atomic E-state index is 0.0247. The van der Waals surface area contributed by atoms with Gasteiger partial charge in [-0.15, -0.1) is 0 Å². The van der Waals surface area contributed by atoms with Crippen LogP contribution in [0.2, 0.25) is 0 Å². The van der Waals surface area contributed by atoms with Gasteiger partial charge in [0.1, 0.15) is 6.10 Å². The molecule has 1 atom stereocenters. The predicted molar refractivity (Wildman–Crippen MR) is 84.7 cm³/mol. The van der Waals surface area contributed by atoms with Crippen molar-refractivity contribution in [2.75, 3.05) is 0 Å². The van der Waals surface area contributed by atoms with E-state index in [4.69, 9.17) is 4.74 Å². The van der Waals surface area contributed by atoms with E-state index >= 15 is 0 Å². The van der Waals surface area contributed by atoms with E-state index in [9.17, 15) is 4.79 Å². The summed E-state index contributed by atoms with van der Waals surface area (Å²) in [4.78, 5) is 11.8. The van der Waals surface area contributed by atoms with Crippen molar-refractivity contribution in [3.63, 3.8) is 0 Å². The largest absolute Gasteiger partial charge is 0.462 e. The molecule has 0 saturated heterocycles. The number of ether oxygens (including phenoxy) is 1. The van der Waals surface area contributed by atoms with E-state index in [1.165, 1.54) is 70.6 Å². The molecule has 0 bridgehead atoms. The van der Waals surface area contributed by atoms with Crippen molar-refractivity contribution in [2.45, 2.75) is 103 Å². The van der Waals surface area contributed by atoms with Gasteiger partial charge in [0.25, 0.3) is 0 Å². The molecule has 0 aromatic carbocycles. The Kier molecular flexibility index (Phi) is 9.78. The van der Waals surface area contributed by atoms with Crippen LogP contribution in [0.1, 0.15) is 97.3 Å². The SMILES string of the molecule is CCCCCCCCCC(=O)OC(C)C1CCCCC1. The van der Waals surface area contributed by atoms with Crippen LogP contribution in [-0.4, -0.2) is 12.1 Å². The summed E-state index contributed by atoms with van der Waals surface area (Å²) in [5.41, 5.74) is 0. The van der Waals surface area contributed by atoms with Gasteiger partial charge in [0.2, 0.25) is 0 Å². The molecule has 0 N–H and O–H groups in total. The zero-order valence-corrected chi connectivity index (χ0v) is 13.7. The average Bonchev–Trinajstić information content (AvgIpc) is 2.47. The predicted octanol–water partition coefficient (Wildman–Crippen LogP) is 5.64. The number of hydrogen-bond acceptors (Lipinski definition) is 2. The summed E-state index contributed by atoms with van der Waals surface area (Å²) >= 11 is 0. The van der Waals surface area contributed by atoms with Gasteiger partial charge in [-0.25, -0.2) is 0 Å². The minimum atomic E-state index is 0.0247. The standard InChI is InChI=1S/C18H34O2/c1-3-4-5-6-7-8-12-15-18(19)20-16(2)17-13-10-9-11-14-17/h16-17H,3-15H2,1-2H3. The van der Waals surface area contributed by atoms with Crippen LogP contribution in [0.5, 0.6) is 0 Å². The normalized spacial score (nSPS) is 17.9. The van der Waals surface area contributed by atoms with Gasteiger partial charge in [-0.05, 0) is 32.1 Å². The molecule has 118 valence electrons. The first kappa shape index (κ1) is 17.5. The Morgan fingerprint density at radius 1 is 1.00 bits per heavy atom. The third-order valence-electron chi connectivity index (χ3n) is 4.62. The molecule has 1 aliphatic rings. The van der Waals surface area contributed by atoms with E-state index < -0.39 is 0 Å². The Morgan fingerprint density at radius 3 is 2.25 bits per heavy atom. The highest BCUT2D eigenvalue weighted by molar-refractivity contribution is 5.69. The van der Waals surface area contributed by atoms with E-state index in [-0.39, 0.29) is 12.1 Å². The van der Waals surface area contributed by atoms with E-state index in [1.54, 1.807) is 0 Å².